The smallest absolute Gasteiger partial charge is 0.333 e. The molecular formula is C38H65NO9. The van der Waals surface area contributed by atoms with Gasteiger partial charge < -0.3 is 14.3 Å². The molecule has 1 heterocycles. The number of hydrogen-bond acceptors (Lipinski definition) is 9. The van der Waals surface area contributed by atoms with E-state index in [1.165, 1.54) is 64.2 Å². The maximum absolute atomic E-state index is 12.8. The van der Waals surface area contributed by atoms with E-state index in [0.29, 0.717) is 17.9 Å². The van der Waals surface area contributed by atoms with E-state index in [2.05, 4.69) is 0 Å². The van der Waals surface area contributed by atoms with Gasteiger partial charge in [-0.3, -0.25) is 24.0 Å². The van der Waals surface area contributed by atoms with Crippen molar-refractivity contribution in [3.05, 3.63) is 0 Å². The Balaban J connectivity index is 2.09. The summed E-state index contributed by atoms with van der Waals surface area (Å²) in [6.07, 6.45) is 19.3. The van der Waals surface area contributed by atoms with Gasteiger partial charge in [0.25, 0.3) is 11.8 Å². The largest absolute Gasteiger partial charge is 0.460 e. The molecule has 10 heteroatoms. The van der Waals surface area contributed by atoms with Gasteiger partial charge >= 0.3 is 17.9 Å². The molecule has 0 saturated carbocycles. The van der Waals surface area contributed by atoms with Gasteiger partial charge in [0, 0.05) is 38.5 Å². The van der Waals surface area contributed by atoms with E-state index in [9.17, 15) is 28.8 Å². The number of carbonyl (C=O) groups excluding carboxylic acids is 6. The van der Waals surface area contributed by atoms with Crippen LogP contribution in [-0.2, 0) is 43.1 Å². The van der Waals surface area contributed by atoms with Crippen LogP contribution in [0.25, 0.3) is 0 Å². The Kier molecular flexibility index (Phi) is 21.2. The molecule has 1 aliphatic heterocycles. The highest BCUT2D eigenvalue weighted by atomic mass is 16.7. The number of ether oxygens (including phenoxy) is 2. The summed E-state index contributed by atoms with van der Waals surface area (Å²) in [5.41, 5.74) is -1.13. The highest BCUT2D eigenvalue weighted by Gasteiger charge is 2.34. The van der Waals surface area contributed by atoms with E-state index >= 15 is 0 Å². The average Bonchev–Trinajstić information content (AvgIpc) is 3.28. The molecule has 0 bridgehead atoms. The average molecular weight is 680 g/mol. The Bertz CT molecular complexity index is 993. The number of rotatable bonds is 26. The zero-order valence-corrected chi connectivity index (χ0v) is 31.0. The van der Waals surface area contributed by atoms with Gasteiger partial charge in [0.15, 0.2) is 0 Å². The fourth-order valence-corrected chi connectivity index (χ4v) is 5.62. The Labute approximate surface area is 289 Å². The molecule has 1 aliphatic rings. The topological polar surface area (TPSA) is 133 Å². The highest BCUT2D eigenvalue weighted by molar-refractivity contribution is 6.01. The quantitative estimate of drug-likeness (QED) is 0.0500. The minimum atomic E-state index is -0.795. The molecule has 1 fully saturated rings. The maximum atomic E-state index is 12.8. The zero-order chi connectivity index (χ0) is 36.0. The van der Waals surface area contributed by atoms with E-state index in [0.717, 1.165) is 38.5 Å². The van der Waals surface area contributed by atoms with Crippen LogP contribution < -0.4 is 0 Å². The number of imide groups is 1. The van der Waals surface area contributed by atoms with Crippen molar-refractivity contribution in [2.24, 2.45) is 5.92 Å². The molecule has 0 radical (unpaired) electrons. The lowest BCUT2D eigenvalue weighted by atomic mass is 9.94. The van der Waals surface area contributed by atoms with Crippen molar-refractivity contribution in [1.82, 2.24) is 5.06 Å². The van der Waals surface area contributed by atoms with Gasteiger partial charge in [-0.25, -0.2) is 4.79 Å². The third-order valence-corrected chi connectivity index (χ3v) is 8.12. The second kappa shape index (κ2) is 23.6. The number of hydrogen-bond donors (Lipinski definition) is 0. The minimum Gasteiger partial charge on any atom is -0.460 e. The fraction of sp³-hybridized carbons (Fsp3) is 0.842. The lowest BCUT2D eigenvalue weighted by Crippen LogP contribution is -2.33. The first kappa shape index (κ1) is 43.2. The van der Waals surface area contributed by atoms with Crippen LogP contribution in [0.15, 0.2) is 0 Å². The number of hydroxylamine groups is 2. The summed E-state index contributed by atoms with van der Waals surface area (Å²) < 4.78 is 10.8. The first-order chi connectivity index (χ1) is 22.6. The molecule has 276 valence electrons. The van der Waals surface area contributed by atoms with Gasteiger partial charge in [-0.2, -0.15) is 0 Å². The predicted molar refractivity (Wildman–Crippen MR) is 184 cm³/mol. The van der Waals surface area contributed by atoms with Crippen LogP contribution in [0.2, 0.25) is 0 Å². The molecule has 0 aromatic heterocycles. The van der Waals surface area contributed by atoms with Gasteiger partial charge in [-0.15, -0.1) is 5.06 Å². The van der Waals surface area contributed by atoms with Crippen LogP contribution in [0.4, 0.5) is 0 Å². The van der Waals surface area contributed by atoms with E-state index in [1.54, 1.807) is 20.8 Å². The van der Waals surface area contributed by atoms with Crippen molar-refractivity contribution in [3.8, 4) is 0 Å². The summed E-state index contributed by atoms with van der Waals surface area (Å²) in [6, 6.07) is 0. The SMILES string of the molecule is CC(C)(C)OC(=O)CCCCCCCCCCCCCCCCCCC(=O)C[C@@H](CCC(=O)ON1C(=O)CCC1=O)C(=O)OC(C)(C)C. The first-order valence-corrected chi connectivity index (χ1v) is 18.6. The maximum Gasteiger partial charge on any atom is 0.333 e. The summed E-state index contributed by atoms with van der Waals surface area (Å²) in [5, 5.41) is 0.487. The lowest BCUT2D eigenvalue weighted by Gasteiger charge is -2.23. The van der Waals surface area contributed by atoms with Gasteiger partial charge in [-0.1, -0.05) is 89.9 Å². The number of nitrogens with zero attached hydrogens (tertiary/aromatic N) is 1. The molecule has 2 amide bonds. The van der Waals surface area contributed by atoms with Crippen molar-refractivity contribution in [2.45, 2.75) is 200 Å². The molecule has 0 unspecified atom stereocenters. The van der Waals surface area contributed by atoms with Gasteiger partial charge in [0.1, 0.15) is 17.0 Å². The van der Waals surface area contributed by atoms with E-state index in [-0.39, 0.29) is 43.9 Å². The molecule has 1 rings (SSSR count). The summed E-state index contributed by atoms with van der Waals surface area (Å²) in [4.78, 5) is 77.8. The van der Waals surface area contributed by atoms with Crippen molar-refractivity contribution >= 4 is 35.5 Å². The minimum absolute atomic E-state index is 0.00529. The molecular weight excluding hydrogens is 614 g/mol. The van der Waals surface area contributed by atoms with Crippen LogP contribution >= 0.6 is 0 Å². The number of unbranched alkanes of at least 4 members (excludes halogenated alkanes) is 15. The fourth-order valence-electron chi connectivity index (χ4n) is 5.62. The standard InChI is InChI=1S/C38H65NO9/c1-37(2,3)46-34(43)24-22-20-18-16-14-12-10-8-7-9-11-13-15-17-19-21-23-31(40)29-30(36(45)47-38(4,5)6)25-28-35(44)48-39-32(41)26-27-33(39)42/h30H,7-29H2,1-6H3/t30-/m1/s1. The molecule has 0 aromatic rings. The van der Waals surface area contributed by atoms with Crippen LogP contribution in [0.3, 0.4) is 0 Å². The molecule has 10 nitrogen and oxygen atoms in total. The van der Waals surface area contributed by atoms with Crippen molar-refractivity contribution in [1.29, 1.82) is 0 Å². The van der Waals surface area contributed by atoms with Gasteiger partial charge in [0.2, 0.25) is 0 Å². The summed E-state index contributed by atoms with van der Waals surface area (Å²) in [6.45, 7) is 10.9. The zero-order valence-electron chi connectivity index (χ0n) is 31.0. The van der Waals surface area contributed by atoms with Crippen molar-refractivity contribution < 1.29 is 43.1 Å². The second-order valence-corrected chi connectivity index (χ2v) is 15.3. The number of amides is 2. The summed E-state index contributed by atoms with van der Waals surface area (Å²) in [7, 11) is 0. The Morgan fingerprint density at radius 3 is 1.38 bits per heavy atom. The highest BCUT2D eigenvalue weighted by Crippen LogP contribution is 2.22. The molecule has 0 aliphatic carbocycles. The van der Waals surface area contributed by atoms with E-state index in [1.807, 2.05) is 20.8 Å². The van der Waals surface area contributed by atoms with Crippen molar-refractivity contribution in [2.75, 3.05) is 0 Å². The van der Waals surface area contributed by atoms with E-state index < -0.39 is 40.9 Å². The number of carbonyl (C=O) groups is 6. The number of ketones is 1. The Morgan fingerprint density at radius 1 is 0.562 bits per heavy atom. The summed E-state index contributed by atoms with van der Waals surface area (Å²) in [5.74, 6) is -3.39. The molecule has 0 aromatic carbocycles. The van der Waals surface area contributed by atoms with Gasteiger partial charge in [0.05, 0.1) is 5.92 Å². The first-order valence-electron chi connectivity index (χ1n) is 18.6. The third kappa shape index (κ3) is 22.7. The monoisotopic (exact) mass is 679 g/mol. The third-order valence-electron chi connectivity index (χ3n) is 8.12. The number of esters is 2. The Hall–Kier alpha value is -2.78. The normalized spacial score (nSPS) is 14.2. The van der Waals surface area contributed by atoms with Crippen LogP contribution in [-0.4, -0.2) is 51.8 Å². The van der Waals surface area contributed by atoms with Crippen LogP contribution in [0.1, 0.15) is 189 Å². The second-order valence-electron chi connectivity index (χ2n) is 15.3. The molecule has 0 spiro atoms. The Morgan fingerprint density at radius 2 is 0.958 bits per heavy atom. The molecule has 1 saturated heterocycles. The van der Waals surface area contributed by atoms with Gasteiger partial charge in [-0.05, 0) is 60.8 Å². The molecule has 48 heavy (non-hydrogen) atoms. The van der Waals surface area contributed by atoms with Crippen LogP contribution in [0.5, 0.6) is 0 Å². The van der Waals surface area contributed by atoms with Crippen LogP contribution in [0, 0.1) is 5.92 Å². The summed E-state index contributed by atoms with van der Waals surface area (Å²) >= 11 is 0. The lowest BCUT2D eigenvalue weighted by molar-refractivity contribution is -0.197. The number of Topliss-reactive ketones (excluding diaryl/α,β-unsaturated/α-hetero) is 1. The van der Waals surface area contributed by atoms with Crippen molar-refractivity contribution in [3.63, 3.8) is 0 Å². The molecule has 1 atom stereocenters. The predicted octanol–water partition coefficient (Wildman–Crippen LogP) is 8.65. The van der Waals surface area contributed by atoms with E-state index in [4.69, 9.17) is 14.3 Å². The molecule has 0 N–H and O–H groups in total.